The van der Waals surface area contributed by atoms with Crippen molar-refractivity contribution in [3.05, 3.63) is 24.3 Å². The summed E-state index contributed by atoms with van der Waals surface area (Å²) < 4.78 is 10.2. The summed E-state index contributed by atoms with van der Waals surface area (Å²) >= 11 is 0. The minimum absolute atomic E-state index is 0.262. The van der Waals surface area contributed by atoms with Crippen molar-refractivity contribution < 1.29 is 29.3 Å². The van der Waals surface area contributed by atoms with Crippen molar-refractivity contribution in [3.63, 3.8) is 0 Å². The summed E-state index contributed by atoms with van der Waals surface area (Å²) in [5, 5.41) is 19.5. The van der Waals surface area contributed by atoms with Gasteiger partial charge in [-0.2, -0.15) is 0 Å². The SMILES string of the molecule is C[C@@H]1CC[C@@H](O)/C=C\C(=O)O[C@H](C)C[C@@H](O)C/C=C\C(=O)O1. The highest BCUT2D eigenvalue weighted by molar-refractivity contribution is 5.82. The van der Waals surface area contributed by atoms with Gasteiger partial charge in [0.1, 0.15) is 6.10 Å². The number of aliphatic hydroxyl groups excluding tert-OH is 2. The Morgan fingerprint density at radius 2 is 1.64 bits per heavy atom. The maximum Gasteiger partial charge on any atom is 0.330 e. The van der Waals surface area contributed by atoms with E-state index in [1.54, 1.807) is 13.8 Å². The molecular formula is C16H24O6. The van der Waals surface area contributed by atoms with Crippen LogP contribution in [0.15, 0.2) is 24.3 Å². The van der Waals surface area contributed by atoms with E-state index >= 15 is 0 Å². The van der Waals surface area contributed by atoms with E-state index in [9.17, 15) is 19.8 Å². The van der Waals surface area contributed by atoms with Gasteiger partial charge in [-0.1, -0.05) is 6.08 Å². The summed E-state index contributed by atoms with van der Waals surface area (Å²) in [5.41, 5.74) is 0. The number of carbonyl (C=O) groups excluding carboxylic acids is 2. The first-order valence-corrected chi connectivity index (χ1v) is 7.49. The highest BCUT2D eigenvalue weighted by atomic mass is 16.5. The molecule has 6 nitrogen and oxygen atoms in total. The molecule has 0 aliphatic carbocycles. The number of ether oxygens (including phenoxy) is 2. The molecule has 0 unspecified atom stereocenters. The summed E-state index contributed by atoms with van der Waals surface area (Å²) in [4.78, 5) is 23.1. The zero-order valence-corrected chi connectivity index (χ0v) is 13.0. The number of rotatable bonds is 0. The molecule has 1 aliphatic rings. The first-order chi connectivity index (χ1) is 10.4. The third-order valence-electron chi connectivity index (χ3n) is 3.22. The van der Waals surface area contributed by atoms with E-state index in [4.69, 9.17) is 9.47 Å². The monoisotopic (exact) mass is 312 g/mol. The van der Waals surface area contributed by atoms with E-state index in [0.717, 1.165) is 0 Å². The Morgan fingerprint density at radius 1 is 1.00 bits per heavy atom. The lowest BCUT2D eigenvalue weighted by molar-refractivity contribution is -0.143. The van der Waals surface area contributed by atoms with Gasteiger partial charge >= 0.3 is 11.9 Å². The minimum atomic E-state index is -0.807. The van der Waals surface area contributed by atoms with Gasteiger partial charge in [-0.05, 0) is 39.2 Å². The van der Waals surface area contributed by atoms with Gasteiger partial charge in [0.15, 0.2) is 0 Å². The van der Waals surface area contributed by atoms with Crippen molar-refractivity contribution in [3.8, 4) is 0 Å². The molecule has 0 bridgehead atoms. The number of hydrogen-bond donors (Lipinski definition) is 2. The number of cyclic esters (lactones) is 2. The summed E-state index contributed by atoms with van der Waals surface area (Å²) in [6, 6.07) is 0. The Morgan fingerprint density at radius 3 is 2.36 bits per heavy atom. The van der Waals surface area contributed by atoms with E-state index in [2.05, 4.69) is 0 Å². The molecule has 2 N–H and O–H groups in total. The molecular weight excluding hydrogens is 288 g/mol. The van der Waals surface area contributed by atoms with Crippen molar-refractivity contribution in [2.45, 2.75) is 63.9 Å². The van der Waals surface area contributed by atoms with Crippen LogP contribution in [0.3, 0.4) is 0 Å². The van der Waals surface area contributed by atoms with Gasteiger partial charge in [0.05, 0.1) is 18.3 Å². The second-order valence-electron chi connectivity index (χ2n) is 5.53. The molecule has 0 aromatic carbocycles. The van der Waals surface area contributed by atoms with Gasteiger partial charge in [-0.3, -0.25) is 0 Å². The van der Waals surface area contributed by atoms with Gasteiger partial charge in [0, 0.05) is 18.6 Å². The first-order valence-electron chi connectivity index (χ1n) is 7.49. The fraction of sp³-hybridized carbons (Fsp3) is 0.625. The van der Waals surface area contributed by atoms with Crippen LogP contribution < -0.4 is 0 Å². The number of esters is 2. The molecule has 0 aromatic rings. The van der Waals surface area contributed by atoms with Gasteiger partial charge in [-0.15, -0.1) is 0 Å². The predicted molar refractivity (Wildman–Crippen MR) is 79.9 cm³/mol. The van der Waals surface area contributed by atoms with Crippen LogP contribution in [0.5, 0.6) is 0 Å². The zero-order chi connectivity index (χ0) is 16.5. The van der Waals surface area contributed by atoms with Crippen molar-refractivity contribution in [2.24, 2.45) is 0 Å². The summed E-state index contributed by atoms with van der Waals surface area (Å²) in [5.74, 6) is -1.03. The average molecular weight is 312 g/mol. The third-order valence-corrected chi connectivity index (χ3v) is 3.22. The standard InChI is InChI=1S/C16H24O6/c1-11-6-7-13(17)8-9-16(20)22-12(2)10-14(18)4-3-5-15(19)21-11/h3,5,8-9,11-14,17-18H,4,6-7,10H2,1-2H3/b5-3-,9-8-/t11-,12-,13-,14+/m1/s1. The van der Waals surface area contributed by atoms with Crippen LogP contribution in [0.1, 0.15) is 39.5 Å². The molecule has 0 radical (unpaired) electrons. The lowest BCUT2D eigenvalue weighted by Gasteiger charge is -2.16. The van der Waals surface area contributed by atoms with Crippen LogP contribution in [0.4, 0.5) is 0 Å². The van der Waals surface area contributed by atoms with Crippen LogP contribution in [0, 0.1) is 0 Å². The van der Waals surface area contributed by atoms with Gasteiger partial charge < -0.3 is 19.7 Å². The third kappa shape index (κ3) is 7.95. The van der Waals surface area contributed by atoms with E-state index in [0.29, 0.717) is 12.8 Å². The van der Waals surface area contributed by atoms with E-state index in [1.807, 2.05) is 0 Å². The molecule has 22 heavy (non-hydrogen) atoms. The highest BCUT2D eigenvalue weighted by Gasteiger charge is 2.14. The van der Waals surface area contributed by atoms with E-state index < -0.39 is 30.3 Å². The zero-order valence-electron chi connectivity index (χ0n) is 13.0. The lowest BCUT2D eigenvalue weighted by Crippen LogP contribution is -2.21. The molecule has 0 saturated heterocycles. The topological polar surface area (TPSA) is 93.1 Å². The number of aliphatic hydroxyl groups is 2. The molecule has 0 fully saturated rings. The van der Waals surface area contributed by atoms with Gasteiger partial charge in [0.25, 0.3) is 0 Å². The van der Waals surface area contributed by atoms with Crippen molar-refractivity contribution >= 4 is 11.9 Å². The van der Waals surface area contributed by atoms with Crippen molar-refractivity contribution in [1.82, 2.24) is 0 Å². The Balaban J connectivity index is 2.71. The molecule has 4 atom stereocenters. The van der Waals surface area contributed by atoms with Gasteiger partial charge in [-0.25, -0.2) is 9.59 Å². The number of carbonyl (C=O) groups is 2. The Bertz CT molecular complexity index is 428. The molecule has 0 spiro atoms. The molecule has 0 amide bonds. The molecule has 1 aliphatic heterocycles. The van der Waals surface area contributed by atoms with Crippen molar-refractivity contribution in [1.29, 1.82) is 0 Å². The van der Waals surface area contributed by atoms with Crippen LogP contribution >= 0.6 is 0 Å². The minimum Gasteiger partial charge on any atom is -0.460 e. The van der Waals surface area contributed by atoms with Crippen LogP contribution in [0.2, 0.25) is 0 Å². The second kappa shape index (κ2) is 9.38. The fourth-order valence-corrected chi connectivity index (χ4v) is 2.07. The molecule has 0 saturated carbocycles. The van der Waals surface area contributed by atoms with Crippen LogP contribution in [0.25, 0.3) is 0 Å². The van der Waals surface area contributed by atoms with E-state index in [-0.39, 0.29) is 18.9 Å². The lowest BCUT2D eigenvalue weighted by atomic mass is 10.1. The molecule has 6 heteroatoms. The smallest absolute Gasteiger partial charge is 0.330 e. The summed E-state index contributed by atoms with van der Waals surface area (Å²) in [6.07, 6.45) is 4.40. The molecule has 1 heterocycles. The summed E-state index contributed by atoms with van der Waals surface area (Å²) in [6.45, 7) is 3.41. The molecule has 124 valence electrons. The summed E-state index contributed by atoms with van der Waals surface area (Å²) in [7, 11) is 0. The largest absolute Gasteiger partial charge is 0.460 e. The van der Waals surface area contributed by atoms with Crippen LogP contribution in [-0.4, -0.2) is 46.6 Å². The second-order valence-corrected chi connectivity index (χ2v) is 5.53. The molecule has 0 aromatic heterocycles. The quantitative estimate of drug-likeness (QED) is 0.654. The highest BCUT2D eigenvalue weighted by Crippen LogP contribution is 2.10. The van der Waals surface area contributed by atoms with Crippen LogP contribution in [-0.2, 0) is 19.1 Å². The van der Waals surface area contributed by atoms with Crippen molar-refractivity contribution in [2.75, 3.05) is 0 Å². The Kier molecular flexibility index (Phi) is 7.84. The van der Waals surface area contributed by atoms with Gasteiger partial charge in [0.2, 0.25) is 0 Å². The average Bonchev–Trinajstić information content (AvgIpc) is 2.41. The maximum absolute atomic E-state index is 11.6. The maximum atomic E-state index is 11.6. The molecule has 1 rings (SSSR count). The predicted octanol–water partition coefficient (Wildman–Crippen LogP) is 1.26. The Hall–Kier alpha value is -1.66. The number of hydrogen-bond acceptors (Lipinski definition) is 6. The van der Waals surface area contributed by atoms with E-state index in [1.165, 1.54) is 24.3 Å². The fourth-order valence-electron chi connectivity index (χ4n) is 2.07. The first kappa shape index (κ1) is 18.4. The Labute approximate surface area is 130 Å². The normalized spacial score (nSPS) is 35.3.